The fraction of sp³-hybridized carbons (Fsp3) is 0.462. The normalized spacial score (nSPS) is 13.6. The van der Waals surface area contributed by atoms with Gasteiger partial charge in [0.2, 0.25) is 0 Å². The van der Waals surface area contributed by atoms with Crippen LogP contribution in [0, 0.1) is 0 Å². The van der Waals surface area contributed by atoms with E-state index in [0.29, 0.717) is 6.04 Å². The largest absolute Gasteiger partial charge is 0.328 e. The van der Waals surface area contributed by atoms with E-state index in [0.717, 1.165) is 6.42 Å². The van der Waals surface area contributed by atoms with Crippen molar-refractivity contribution in [2.45, 2.75) is 39.3 Å². The van der Waals surface area contributed by atoms with Crippen molar-refractivity contribution in [2.24, 2.45) is 5.73 Å². The third-order valence-corrected chi connectivity index (χ3v) is 2.73. The molecule has 0 saturated heterocycles. The number of fused-ring (bicyclic) bond motifs is 1. The molecule has 0 fully saturated rings. The van der Waals surface area contributed by atoms with Crippen LogP contribution in [0.4, 0.5) is 0 Å². The molecule has 3 heteroatoms. The Bertz CT molecular complexity index is 483. The summed E-state index contributed by atoms with van der Waals surface area (Å²) in [6.45, 7) is 6.33. The van der Waals surface area contributed by atoms with E-state index in [2.05, 4.69) is 41.8 Å². The Morgan fingerprint density at radius 1 is 1.31 bits per heavy atom. The van der Waals surface area contributed by atoms with Gasteiger partial charge >= 0.3 is 0 Å². The molecule has 0 aliphatic heterocycles. The number of hydrogen-bond acceptors (Lipinski definition) is 2. The molecule has 2 aromatic rings. The summed E-state index contributed by atoms with van der Waals surface area (Å²) in [4.78, 5) is 0. The standard InChI is InChI=1S/C13H19N3/c1-9(2)16-13-11(7-10(3)14)5-4-6-12(13)8-15-16/h4-6,8-10H,7,14H2,1-3H3. The lowest BCUT2D eigenvalue weighted by Gasteiger charge is -2.12. The van der Waals surface area contributed by atoms with Crippen LogP contribution in [0.1, 0.15) is 32.4 Å². The molecule has 2 rings (SSSR count). The molecule has 1 unspecified atom stereocenters. The number of nitrogens with two attached hydrogens (primary N) is 1. The first kappa shape index (κ1) is 11.1. The summed E-state index contributed by atoms with van der Waals surface area (Å²) < 4.78 is 2.08. The Kier molecular flexibility index (Phi) is 2.97. The summed E-state index contributed by atoms with van der Waals surface area (Å²) in [6, 6.07) is 6.89. The first-order chi connectivity index (χ1) is 7.59. The third kappa shape index (κ3) is 1.95. The van der Waals surface area contributed by atoms with E-state index in [1.807, 2.05) is 13.1 Å². The Morgan fingerprint density at radius 3 is 2.69 bits per heavy atom. The van der Waals surface area contributed by atoms with Gasteiger partial charge in [0, 0.05) is 17.5 Å². The van der Waals surface area contributed by atoms with E-state index in [4.69, 9.17) is 5.73 Å². The average Bonchev–Trinajstić information content (AvgIpc) is 2.61. The van der Waals surface area contributed by atoms with Crippen LogP contribution in [0.15, 0.2) is 24.4 Å². The van der Waals surface area contributed by atoms with Crippen molar-refractivity contribution in [3.63, 3.8) is 0 Å². The van der Waals surface area contributed by atoms with Crippen LogP contribution in [0.5, 0.6) is 0 Å². The Hall–Kier alpha value is -1.35. The highest BCUT2D eigenvalue weighted by Crippen LogP contribution is 2.22. The van der Waals surface area contributed by atoms with Crippen LogP contribution in [-0.4, -0.2) is 15.8 Å². The molecular weight excluding hydrogens is 198 g/mol. The Balaban J connectivity index is 2.59. The molecule has 1 atom stereocenters. The molecule has 0 aliphatic carbocycles. The Morgan fingerprint density at radius 2 is 2.06 bits per heavy atom. The van der Waals surface area contributed by atoms with Crippen LogP contribution < -0.4 is 5.73 Å². The van der Waals surface area contributed by atoms with Gasteiger partial charge in [0.25, 0.3) is 0 Å². The lowest BCUT2D eigenvalue weighted by molar-refractivity contribution is 0.548. The zero-order chi connectivity index (χ0) is 11.7. The van der Waals surface area contributed by atoms with Crippen LogP contribution in [-0.2, 0) is 6.42 Å². The first-order valence-electron chi connectivity index (χ1n) is 5.80. The van der Waals surface area contributed by atoms with Gasteiger partial charge in [-0.3, -0.25) is 4.68 Å². The van der Waals surface area contributed by atoms with E-state index < -0.39 is 0 Å². The molecule has 2 N–H and O–H groups in total. The van der Waals surface area contributed by atoms with Gasteiger partial charge in [-0.25, -0.2) is 0 Å². The minimum absolute atomic E-state index is 0.182. The maximum atomic E-state index is 5.88. The van der Waals surface area contributed by atoms with E-state index in [1.165, 1.54) is 16.5 Å². The molecule has 3 nitrogen and oxygen atoms in total. The number of para-hydroxylation sites is 1. The van der Waals surface area contributed by atoms with Crippen LogP contribution in [0.2, 0.25) is 0 Å². The van der Waals surface area contributed by atoms with Crippen LogP contribution in [0.25, 0.3) is 10.9 Å². The predicted octanol–water partition coefficient (Wildman–Crippen LogP) is 2.51. The maximum absolute atomic E-state index is 5.88. The minimum Gasteiger partial charge on any atom is -0.328 e. The van der Waals surface area contributed by atoms with Crippen LogP contribution >= 0.6 is 0 Å². The van der Waals surface area contributed by atoms with Crippen molar-refractivity contribution in [1.29, 1.82) is 0 Å². The zero-order valence-corrected chi connectivity index (χ0v) is 10.1. The molecule has 0 spiro atoms. The Labute approximate surface area is 96.2 Å². The molecule has 0 amide bonds. The molecule has 86 valence electrons. The minimum atomic E-state index is 0.182. The summed E-state index contributed by atoms with van der Waals surface area (Å²) in [5.41, 5.74) is 8.40. The summed E-state index contributed by atoms with van der Waals surface area (Å²) in [5, 5.41) is 5.64. The number of nitrogens with zero attached hydrogens (tertiary/aromatic N) is 2. The fourth-order valence-electron chi connectivity index (χ4n) is 2.08. The van der Waals surface area contributed by atoms with Gasteiger partial charge < -0.3 is 5.73 Å². The molecule has 0 aliphatic rings. The van der Waals surface area contributed by atoms with E-state index >= 15 is 0 Å². The number of aromatic nitrogens is 2. The fourth-order valence-corrected chi connectivity index (χ4v) is 2.08. The summed E-state index contributed by atoms with van der Waals surface area (Å²) >= 11 is 0. The maximum Gasteiger partial charge on any atom is 0.0717 e. The first-order valence-corrected chi connectivity index (χ1v) is 5.80. The second-order valence-electron chi connectivity index (χ2n) is 4.72. The molecular formula is C13H19N3. The van der Waals surface area contributed by atoms with Crippen molar-refractivity contribution in [2.75, 3.05) is 0 Å². The molecule has 1 aromatic heterocycles. The molecule has 1 heterocycles. The lowest BCUT2D eigenvalue weighted by Crippen LogP contribution is -2.18. The molecule has 0 radical (unpaired) electrons. The SMILES string of the molecule is CC(N)Cc1cccc2cnn(C(C)C)c12. The second-order valence-corrected chi connectivity index (χ2v) is 4.72. The van der Waals surface area contributed by atoms with Crippen molar-refractivity contribution >= 4 is 10.9 Å². The van der Waals surface area contributed by atoms with Gasteiger partial charge in [0.05, 0.1) is 11.7 Å². The summed E-state index contributed by atoms with van der Waals surface area (Å²) in [6.07, 6.45) is 2.83. The quantitative estimate of drug-likeness (QED) is 0.858. The van der Waals surface area contributed by atoms with Gasteiger partial charge in [-0.2, -0.15) is 5.10 Å². The lowest BCUT2D eigenvalue weighted by atomic mass is 10.0. The highest BCUT2D eigenvalue weighted by molar-refractivity contribution is 5.82. The molecule has 16 heavy (non-hydrogen) atoms. The highest BCUT2D eigenvalue weighted by Gasteiger charge is 2.10. The van der Waals surface area contributed by atoms with Gasteiger partial charge in [0.1, 0.15) is 0 Å². The van der Waals surface area contributed by atoms with E-state index in [9.17, 15) is 0 Å². The molecule has 1 aromatic carbocycles. The number of hydrogen-bond donors (Lipinski definition) is 1. The zero-order valence-electron chi connectivity index (χ0n) is 10.1. The van der Waals surface area contributed by atoms with Gasteiger partial charge in [-0.05, 0) is 32.8 Å². The third-order valence-electron chi connectivity index (χ3n) is 2.73. The van der Waals surface area contributed by atoms with Crippen molar-refractivity contribution in [3.05, 3.63) is 30.0 Å². The van der Waals surface area contributed by atoms with Crippen molar-refractivity contribution in [3.8, 4) is 0 Å². The summed E-state index contributed by atoms with van der Waals surface area (Å²) in [7, 11) is 0. The molecule has 0 saturated carbocycles. The van der Waals surface area contributed by atoms with Gasteiger partial charge in [-0.15, -0.1) is 0 Å². The van der Waals surface area contributed by atoms with E-state index in [-0.39, 0.29) is 6.04 Å². The van der Waals surface area contributed by atoms with Crippen LogP contribution in [0.3, 0.4) is 0 Å². The van der Waals surface area contributed by atoms with Crippen molar-refractivity contribution in [1.82, 2.24) is 9.78 Å². The second kappa shape index (κ2) is 4.26. The van der Waals surface area contributed by atoms with Gasteiger partial charge in [0.15, 0.2) is 0 Å². The topological polar surface area (TPSA) is 43.8 Å². The van der Waals surface area contributed by atoms with E-state index in [1.54, 1.807) is 0 Å². The average molecular weight is 217 g/mol. The monoisotopic (exact) mass is 217 g/mol. The predicted molar refractivity (Wildman–Crippen MR) is 67.5 cm³/mol. The smallest absolute Gasteiger partial charge is 0.0717 e. The van der Waals surface area contributed by atoms with Crippen molar-refractivity contribution < 1.29 is 0 Å². The molecule has 0 bridgehead atoms. The summed E-state index contributed by atoms with van der Waals surface area (Å²) in [5.74, 6) is 0. The highest BCUT2D eigenvalue weighted by atomic mass is 15.3. The van der Waals surface area contributed by atoms with Gasteiger partial charge in [-0.1, -0.05) is 18.2 Å². The number of rotatable bonds is 3. The number of benzene rings is 1.